The van der Waals surface area contributed by atoms with Gasteiger partial charge in [0.2, 0.25) is 0 Å². The largest absolute Gasteiger partial charge is 0.333 e. The summed E-state index contributed by atoms with van der Waals surface area (Å²) in [6, 6.07) is 1.99. The highest BCUT2D eigenvalue weighted by Gasteiger charge is 2.33. The molecule has 1 saturated carbocycles. The van der Waals surface area contributed by atoms with Gasteiger partial charge in [0.1, 0.15) is 0 Å². The van der Waals surface area contributed by atoms with Crippen LogP contribution in [0.15, 0.2) is 16.0 Å². The summed E-state index contributed by atoms with van der Waals surface area (Å²) in [7, 11) is 1.93. The molecule has 1 aliphatic carbocycles. The van der Waals surface area contributed by atoms with Crippen LogP contribution < -0.4 is 0 Å². The van der Waals surface area contributed by atoms with Gasteiger partial charge in [-0.25, -0.2) is 0 Å². The van der Waals surface area contributed by atoms with Crippen LogP contribution in [0.1, 0.15) is 51.1 Å². The van der Waals surface area contributed by atoms with Crippen LogP contribution in [0, 0.1) is 6.92 Å². The summed E-state index contributed by atoms with van der Waals surface area (Å²) in [6.07, 6.45) is 3.03. The summed E-state index contributed by atoms with van der Waals surface area (Å²) in [4.78, 5) is 20.2. The summed E-state index contributed by atoms with van der Waals surface area (Å²) >= 11 is 1.50. The van der Waals surface area contributed by atoms with Gasteiger partial charge in [-0.3, -0.25) is 9.48 Å². The lowest BCUT2D eigenvalue weighted by Gasteiger charge is -2.27. The van der Waals surface area contributed by atoms with Crippen molar-refractivity contribution in [3.05, 3.63) is 39.0 Å². The Morgan fingerprint density at radius 2 is 2.23 bits per heavy atom. The van der Waals surface area contributed by atoms with E-state index in [1.807, 2.05) is 35.0 Å². The molecule has 26 heavy (non-hydrogen) atoms. The van der Waals surface area contributed by atoms with Crippen LogP contribution in [-0.4, -0.2) is 37.3 Å². The van der Waals surface area contributed by atoms with Gasteiger partial charge in [-0.2, -0.15) is 10.1 Å². The van der Waals surface area contributed by atoms with Crippen LogP contribution in [0.3, 0.4) is 0 Å². The van der Waals surface area contributed by atoms with Crippen LogP contribution in [0.4, 0.5) is 0 Å². The van der Waals surface area contributed by atoms with Crippen LogP contribution in [0.5, 0.6) is 0 Å². The molecule has 2 aliphatic rings. The average Bonchev–Trinajstić information content (AvgIpc) is 3.08. The number of hydrogen-bond acceptors (Lipinski definition) is 6. The second-order valence-electron chi connectivity index (χ2n) is 7.04. The van der Waals surface area contributed by atoms with Crippen LogP contribution >= 0.6 is 11.3 Å². The number of hydrogen-bond donors (Lipinski definition) is 0. The molecule has 0 saturated heterocycles. The molecule has 4 heterocycles. The molecule has 0 spiro atoms. The Kier molecular flexibility index (Phi) is 3.49. The highest BCUT2D eigenvalue weighted by atomic mass is 32.1. The van der Waals surface area contributed by atoms with E-state index in [0.717, 1.165) is 46.8 Å². The molecule has 3 aromatic rings. The number of carbonyl (C=O) groups excluding carboxylic acids is 1. The van der Waals surface area contributed by atoms with E-state index in [0.29, 0.717) is 30.6 Å². The van der Waals surface area contributed by atoms with E-state index < -0.39 is 0 Å². The van der Waals surface area contributed by atoms with Crippen molar-refractivity contribution in [2.75, 3.05) is 6.54 Å². The van der Waals surface area contributed by atoms with Gasteiger partial charge in [0.25, 0.3) is 11.8 Å². The molecule has 8 heteroatoms. The van der Waals surface area contributed by atoms with Crippen molar-refractivity contribution >= 4 is 17.2 Å². The van der Waals surface area contributed by atoms with Gasteiger partial charge in [0, 0.05) is 37.2 Å². The molecule has 1 aliphatic heterocycles. The van der Waals surface area contributed by atoms with Gasteiger partial charge in [0.05, 0.1) is 11.4 Å². The Hall–Kier alpha value is -2.48. The van der Waals surface area contributed by atoms with Gasteiger partial charge in [-0.15, -0.1) is 11.3 Å². The molecule has 1 amide bonds. The number of amides is 1. The summed E-state index contributed by atoms with van der Waals surface area (Å²) < 4.78 is 7.36. The fourth-order valence-corrected chi connectivity index (χ4v) is 4.40. The van der Waals surface area contributed by atoms with Crippen molar-refractivity contribution in [3.8, 4) is 11.6 Å². The van der Waals surface area contributed by atoms with Gasteiger partial charge < -0.3 is 9.42 Å². The molecule has 134 valence electrons. The second kappa shape index (κ2) is 5.77. The standard InChI is InChI=1S/C18H19N5O2S/c1-10-6-8-26-15(10)18(24)23-7-5-13-12(9-23)14(20-22(13)2)17-19-16(21-25-17)11-3-4-11/h6,8,11H,3-5,7,9H2,1-2H3. The maximum absolute atomic E-state index is 12.9. The zero-order valence-electron chi connectivity index (χ0n) is 14.7. The summed E-state index contributed by atoms with van der Waals surface area (Å²) in [5.74, 6) is 1.76. The molecule has 3 aromatic heterocycles. The zero-order valence-corrected chi connectivity index (χ0v) is 15.5. The van der Waals surface area contributed by atoms with Gasteiger partial charge >= 0.3 is 0 Å². The van der Waals surface area contributed by atoms with Crippen molar-refractivity contribution in [1.29, 1.82) is 0 Å². The first-order valence-corrected chi connectivity index (χ1v) is 9.72. The van der Waals surface area contributed by atoms with Crippen molar-refractivity contribution in [1.82, 2.24) is 24.8 Å². The Morgan fingerprint density at radius 1 is 1.38 bits per heavy atom. The molecule has 0 atom stereocenters. The number of aromatic nitrogens is 4. The van der Waals surface area contributed by atoms with Crippen LogP contribution in [-0.2, 0) is 20.0 Å². The lowest BCUT2D eigenvalue weighted by Crippen LogP contribution is -2.36. The fraction of sp³-hybridized carbons (Fsp3) is 0.444. The third kappa shape index (κ3) is 2.47. The van der Waals surface area contributed by atoms with Crippen LogP contribution in [0.25, 0.3) is 11.6 Å². The van der Waals surface area contributed by atoms with E-state index in [1.54, 1.807) is 0 Å². The molecule has 7 nitrogen and oxygen atoms in total. The number of fused-ring (bicyclic) bond motifs is 1. The Labute approximate surface area is 154 Å². The topological polar surface area (TPSA) is 77.1 Å². The van der Waals surface area contributed by atoms with E-state index in [1.165, 1.54) is 11.3 Å². The molecule has 0 radical (unpaired) electrons. The molecule has 0 unspecified atom stereocenters. The highest BCUT2D eigenvalue weighted by molar-refractivity contribution is 7.12. The number of thiophene rings is 1. The van der Waals surface area contributed by atoms with E-state index in [-0.39, 0.29) is 5.91 Å². The minimum atomic E-state index is 0.0853. The minimum Gasteiger partial charge on any atom is -0.333 e. The third-order valence-corrected chi connectivity index (χ3v) is 6.18. The van der Waals surface area contributed by atoms with Crippen molar-refractivity contribution in [3.63, 3.8) is 0 Å². The predicted molar refractivity (Wildman–Crippen MR) is 96.0 cm³/mol. The van der Waals surface area contributed by atoms with E-state index in [9.17, 15) is 4.79 Å². The predicted octanol–water partition coefficient (Wildman–Crippen LogP) is 2.92. The molecular weight excluding hydrogens is 350 g/mol. The molecule has 5 rings (SSSR count). The van der Waals surface area contributed by atoms with E-state index >= 15 is 0 Å². The van der Waals surface area contributed by atoms with Gasteiger partial charge in [-0.1, -0.05) is 5.16 Å². The average molecular weight is 369 g/mol. The Bertz CT molecular complexity index is 997. The second-order valence-corrected chi connectivity index (χ2v) is 7.96. The molecule has 0 aromatic carbocycles. The van der Waals surface area contributed by atoms with Gasteiger partial charge in [0.15, 0.2) is 11.5 Å². The van der Waals surface area contributed by atoms with Crippen LogP contribution in [0.2, 0.25) is 0 Å². The fourth-order valence-electron chi connectivity index (χ4n) is 3.51. The smallest absolute Gasteiger partial charge is 0.278 e. The maximum Gasteiger partial charge on any atom is 0.278 e. The quantitative estimate of drug-likeness (QED) is 0.709. The first-order valence-electron chi connectivity index (χ1n) is 8.84. The van der Waals surface area contributed by atoms with Gasteiger partial charge in [-0.05, 0) is 36.8 Å². The Morgan fingerprint density at radius 3 is 2.96 bits per heavy atom. The zero-order chi connectivity index (χ0) is 17.8. The molecule has 0 N–H and O–H groups in total. The lowest BCUT2D eigenvalue weighted by molar-refractivity contribution is 0.0738. The van der Waals surface area contributed by atoms with Crippen molar-refractivity contribution < 1.29 is 9.32 Å². The monoisotopic (exact) mass is 369 g/mol. The summed E-state index contributed by atoms with van der Waals surface area (Å²) in [5, 5.41) is 10.7. The van der Waals surface area contributed by atoms with E-state index in [4.69, 9.17) is 4.52 Å². The normalized spacial score (nSPS) is 16.8. The lowest BCUT2D eigenvalue weighted by atomic mass is 10.0. The molecule has 0 bridgehead atoms. The summed E-state index contributed by atoms with van der Waals surface area (Å²) in [6.45, 7) is 3.20. The first kappa shape index (κ1) is 15.7. The van der Waals surface area contributed by atoms with E-state index in [2.05, 4.69) is 15.2 Å². The number of aryl methyl sites for hydroxylation is 2. The molecular formula is C18H19N5O2S. The number of carbonyl (C=O) groups is 1. The number of rotatable bonds is 3. The SMILES string of the molecule is Cc1ccsc1C(=O)N1CCc2c(c(-c3nc(C4CC4)no3)nn2C)C1. The van der Waals surface area contributed by atoms with Crippen molar-refractivity contribution in [2.24, 2.45) is 7.05 Å². The molecule has 1 fully saturated rings. The highest BCUT2D eigenvalue weighted by Crippen LogP contribution is 2.39. The summed E-state index contributed by atoms with van der Waals surface area (Å²) in [5.41, 5.74) is 3.90. The Balaban J connectivity index is 1.48. The third-order valence-electron chi connectivity index (χ3n) is 5.17. The maximum atomic E-state index is 12.9. The minimum absolute atomic E-state index is 0.0853. The van der Waals surface area contributed by atoms with Crippen molar-refractivity contribution in [2.45, 2.75) is 38.6 Å². The first-order chi connectivity index (χ1) is 12.6. The number of nitrogens with zero attached hydrogens (tertiary/aromatic N) is 5.